The summed E-state index contributed by atoms with van der Waals surface area (Å²) < 4.78 is 16.3. The van der Waals surface area contributed by atoms with E-state index in [1.807, 2.05) is 20.8 Å². The van der Waals surface area contributed by atoms with E-state index in [0.717, 1.165) is 12.8 Å². The highest BCUT2D eigenvalue weighted by Gasteiger charge is 2.41. The zero-order valence-corrected chi connectivity index (χ0v) is 19.7. The number of hydrogen-bond donors (Lipinski definition) is 1. The molecule has 0 fully saturated rings. The van der Waals surface area contributed by atoms with Crippen LogP contribution in [0.4, 0.5) is 0 Å². The van der Waals surface area contributed by atoms with Crippen LogP contribution in [0.1, 0.15) is 51.7 Å². The summed E-state index contributed by atoms with van der Waals surface area (Å²) in [5.41, 5.74) is 2.77. The Morgan fingerprint density at radius 2 is 1.33 bits per heavy atom. The first-order chi connectivity index (χ1) is 12.6. The third kappa shape index (κ3) is 5.18. The van der Waals surface area contributed by atoms with Gasteiger partial charge >= 0.3 is 0 Å². The van der Waals surface area contributed by atoms with Gasteiger partial charge in [0, 0.05) is 5.67 Å². The van der Waals surface area contributed by atoms with E-state index < -0.39 is 19.1 Å². The highest BCUT2D eigenvalue weighted by Crippen LogP contribution is 2.19. The van der Waals surface area contributed by atoms with Crippen LogP contribution in [0.5, 0.6) is 0 Å². The van der Waals surface area contributed by atoms with Gasteiger partial charge in [-0.1, -0.05) is 89.9 Å². The van der Waals surface area contributed by atoms with Gasteiger partial charge in [0.05, 0.1) is 15.7 Å². The lowest BCUT2D eigenvalue weighted by molar-refractivity contribution is 0.615. The van der Waals surface area contributed by atoms with Crippen molar-refractivity contribution in [3.05, 3.63) is 59.7 Å². The third-order valence-corrected chi connectivity index (χ3v) is 12.1. The van der Waals surface area contributed by atoms with Gasteiger partial charge in [0.25, 0.3) is 0 Å². The number of aryl methyl sites for hydroxylation is 2. The van der Waals surface area contributed by atoms with Gasteiger partial charge in [0.2, 0.25) is 0 Å². The standard InChI is InChI=1S/C23H35NOSSi/c1-8-9-22(24-26(25)23(4,5)6)27(7,20-14-10-18(2)11-15-20)21-16-12-19(3)13-17-21/h10-17,22,24H,8-9H2,1-7H3/t22-,26-/m1/s1. The fourth-order valence-electron chi connectivity index (χ4n) is 3.43. The van der Waals surface area contributed by atoms with Gasteiger partial charge < -0.3 is 0 Å². The van der Waals surface area contributed by atoms with Crippen molar-refractivity contribution in [1.82, 2.24) is 4.72 Å². The second kappa shape index (κ2) is 8.85. The Morgan fingerprint density at radius 1 is 0.926 bits per heavy atom. The smallest absolute Gasteiger partial charge is 0.132 e. The molecular weight excluding hydrogens is 366 g/mol. The van der Waals surface area contributed by atoms with Gasteiger partial charge in [-0.15, -0.1) is 0 Å². The Balaban J connectivity index is 2.59. The van der Waals surface area contributed by atoms with Crippen LogP contribution in [-0.2, 0) is 11.0 Å². The molecule has 0 spiro atoms. The highest BCUT2D eigenvalue weighted by atomic mass is 32.2. The molecule has 0 unspecified atom stereocenters. The van der Waals surface area contributed by atoms with Crippen molar-refractivity contribution in [3.8, 4) is 0 Å². The Morgan fingerprint density at radius 3 is 1.67 bits per heavy atom. The lowest BCUT2D eigenvalue weighted by Gasteiger charge is -2.38. The molecule has 4 heteroatoms. The third-order valence-electron chi connectivity index (χ3n) is 5.38. The van der Waals surface area contributed by atoms with E-state index in [-0.39, 0.29) is 10.4 Å². The highest BCUT2D eigenvalue weighted by molar-refractivity contribution is 7.84. The van der Waals surface area contributed by atoms with Gasteiger partial charge in [-0.05, 0) is 41.0 Å². The molecule has 2 aromatic rings. The molecule has 1 N–H and O–H groups in total. The Kier molecular flexibility index (Phi) is 7.23. The summed E-state index contributed by atoms with van der Waals surface area (Å²) in [6, 6.07) is 18.0. The van der Waals surface area contributed by atoms with Gasteiger partial charge in [-0.3, -0.25) is 0 Å². The van der Waals surface area contributed by atoms with Crippen LogP contribution in [0.15, 0.2) is 48.5 Å². The zero-order chi connectivity index (χ0) is 20.2. The summed E-state index contributed by atoms with van der Waals surface area (Å²) in [6.07, 6.45) is 2.09. The van der Waals surface area contributed by atoms with E-state index in [4.69, 9.17) is 0 Å². The summed E-state index contributed by atoms with van der Waals surface area (Å²) in [6.45, 7) is 15.0. The molecule has 0 saturated heterocycles. The van der Waals surface area contributed by atoms with Crippen LogP contribution in [0.2, 0.25) is 6.55 Å². The quantitative estimate of drug-likeness (QED) is 0.690. The molecule has 0 aromatic heterocycles. The molecule has 0 aliphatic rings. The van der Waals surface area contributed by atoms with E-state index >= 15 is 0 Å². The minimum atomic E-state index is -2.14. The van der Waals surface area contributed by atoms with Crippen molar-refractivity contribution in [2.75, 3.05) is 0 Å². The summed E-state index contributed by atoms with van der Waals surface area (Å²) in [5, 5.41) is 2.79. The van der Waals surface area contributed by atoms with Gasteiger partial charge in [-0.25, -0.2) is 8.93 Å². The van der Waals surface area contributed by atoms with Gasteiger partial charge in [-0.2, -0.15) is 0 Å². The molecule has 0 radical (unpaired) electrons. The minimum absolute atomic E-state index is 0.216. The largest absolute Gasteiger partial charge is 0.242 e. The Hall–Kier alpha value is -1.23. The molecule has 0 heterocycles. The van der Waals surface area contributed by atoms with Crippen molar-refractivity contribution in [2.24, 2.45) is 0 Å². The molecule has 148 valence electrons. The molecule has 0 saturated carbocycles. The monoisotopic (exact) mass is 401 g/mol. The maximum Gasteiger partial charge on any atom is 0.132 e. The normalized spacial score (nSPS) is 14.8. The van der Waals surface area contributed by atoms with Crippen LogP contribution in [-0.4, -0.2) is 22.7 Å². The second-order valence-electron chi connectivity index (χ2n) is 8.77. The molecule has 2 rings (SSSR count). The molecule has 0 amide bonds. The van der Waals surface area contributed by atoms with E-state index in [9.17, 15) is 4.21 Å². The van der Waals surface area contributed by atoms with Crippen molar-refractivity contribution < 1.29 is 4.21 Å². The first-order valence-corrected chi connectivity index (χ1v) is 13.6. The second-order valence-corrected chi connectivity index (χ2v) is 15.0. The molecule has 0 bridgehead atoms. The predicted molar refractivity (Wildman–Crippen MR) is 123 cm³/mol. The minimum Gasteiger partial charge on any atom is -0.242 e. The lowest BCUT2D eigenvalue weighted by atomic mass is 10.2. The van der Waals surface area contributed by atoms with E-state index in [1.165, 1.54) is 21.5 Å². The molecule has 0 aliphatic carbocycles. The van der Waals surface area contributed by atoms with Crippen LogP contribution in [0.3, 0.4) is 0 Å². The zero-order valence-electron chi connectivity index (χ0n) is 17.9. The van der Waals surface area contributed by atoms with Crippen molar-refractivity contribution >= 4 is 29.4 Å². The van der Waals surface area contributed by atoms with Gasteiger partial charge in [0.1, 0.15) is 8.07 Å². The average Bonchev–Trinajstić information content (AvgIpc) is 2.61. The molecule has 2 atom stereocenters. The Labute approximate surface area is 169 Å². The molecule has 2 aromatic carbocycles. The number of benzene rings is 2. The van der Waals surface area contributed by atoms with E-state index in [2.05, 4.69) is 80.6 Å². The lowest BCUT2D eigenvalue weighted by Crippen LogP contribution is -2.69. The average molecular weight is 402 g/mol. The maximum atomic E-state index is 13.0. The molecule has 27 heavy (non-hydrogen) atoms. The summed E-state index contributed by atoms with van der Waals surface area (Å²) in [4.78, 5) is 0. The summed E-state index contributed by atoms with van der Waals surface area (Å²) in [5.74, 6) is 0. The first-order valence-electron chi connectivity index (χ1n) is 9.91. The van der Waals surface area contributed by atoms with Crippen LogP contribution in [0.25, 0.3) is 0 Å². The number of nitrogens with one attached hydrogen (secondary N) is 1. The van der Waals surface area contributed by atoms with Crippen molar-refractivity contribution in [1.29, 1.82) is 0 Å². The van der Waals surface area contributed by atoms with Crippen molar-refractivity contribution in [3.63, 3.8) is 0 Å². The molecule has 2 nitrogen and oxygen atoms in total. The van der Waals surface area contributed by atoms with Crippen LogP contribution in [0, 0.1) is 13.8 Å². The Bertz CT molecular complexity index is 717. The topological polar surface area (TPSA) is 29.1 Å². The van der Waals surface area contributed by atoms with Gasteiger partial charge in [0.15, 0.2) is 0 Å². The van der Waals surface area contributed by atoms with Crippen molar-refractivity contribution in [2.45, 2.75) is 71.3 Å². The predicted octanol–water partition coefficient (Wildman–Crippen LogP) is 4.26. The van der Waals surface area contributed by atoms with E-state index in [0.29, 0.717) is 0 Å². The maximum absolute atomic E-state index is 13.0. The SMILES string of the molecule is CCC[C@H](N[S@](=O)C(C)(C)C)[Si](C)(c1ccc(C)cc1)c1ccc(C)cc1. The fraction of sp³-hybridized carbons (Fsp3) is 0.478. The number of rotatable bonds is 7. The fourth-order valence-corrected chi connectivity index (χ4v) is 9.14. The summed E-state index contributed by atoms with van der Waals surface area (Å²) in [7, 11) is -3.23. The van der Waals surface area contributed by atoms with Crippen LogP contribution < -0.4 is 15.1 Å². The molecule has 0 aliphatic heterocycles. The summed E-state index contributed by atoms with van der Waals surface area (Å²) >= 11 is 0. The van der Waals surface area contributed by atoms with Crippen LogP contribution >= 0.6 is 0 Å². The number of hydrogen-bond acceptors (Lipinski definition) is 1. The molecular formula is C23H35NOSSi. The first kappa shape index (κ1) is 22.1. The van der Waals surface area contributed by atoms with E-state index in [1.54, 1.807) is 0 Å².